The number of hydrogen-bond donors (Lipinski definition) is 2. The van der Waals surface area contributed by atoms with Gasteiger partial charge in [-0.3, -0.25) is 0 Å². The summed E-state index contributed by atoms with van der Waals surface area (Å²) < 4.78 is 0. The maximum Gasteiger partial charge on any atom is 0.331 e. The standard InChI is InChI=1S/C15H22N2O3S/c1-9(2)8-10(3)16-15(20)17-6-4-12-11(5-7-21-12)13(17)14(18)19/h5,7,9-10,13H,4,6,8H2,1-3H3,(H,16,20)(H,18,19). The van der Waals surface area contributed by atoms with Gasteiger partial charge in [0.25, 0.3) is 0 Å². The first kappa shape index (κ1) is 15.8. The minimum atomic E-state index is -0.971. The van der Waals surface area contributed by atoms with Crippen LogP contribution in [0.15, 0.2) is 11.4 Å². The summed E-state index contributed by atoms with van der Waals surface area (Å²) in [5, 5.41) is 14.3. The van der Waals surface area contributed by atoms with E-state index in [0.29, 0.717) is 12.5 Å². The highest BCUT2D eigenvalue weighted by molar-refractivity contribution is 7.10. The Bertz CT molecular complexity index is 527. The molecule has 2 heterocycles. The van der Waals surface area contributed by atoms with Gasteiger partial charge in [0.05, 0.1) is 0 Å². The third kappa shape index (κ3) is 3.56. The van der Waals surface area contributed by atoms with Crippen molar-refractivity contribution >= 4 is 23.3 Å². The Morgan fingerprint density at radius 3 is 2.81 bits per heavy atom. The van der Waals surface area contributed by atoms with Gasteiger partial charge in [-0.15, -0.1) is 11.3 Å². The number of carboxylic acid groups (broad SMARTS) is 1. The second-order valence-corrected chi connectivity index (χ2v) is 6.96. The van der Waals surface area contributed by atoms with E-state index in [1.807, 2.05) is 18.4 Å². The van der Waals surface area contributed by atoms with E-state index in [0.717, 1.165) is 23.3 Å². The quantitative estimate of drug-likeness (QED) is 0.898. The molecule has 0 saturated heterocycles. The van der Waals surface area contributed by atoms with Crippen LogP contribution >= 0.6 is 11.3 Å². The number of urea groups is 1. The lowest BCUT2D eigenvalue weighted by Gasteiger charge is -2.34. The van der Waals surface area contributed by atoms with E-state index in [1.165, 1.54) is 4.90 Å². The Hall–Kier alpha value is -1.56. The lowest BCUT2D eigenvalue weighted by atomic mass is 10.0. The highest BCUT2D eigenvalue weighted by atomic mass is 32.1. The SMILES string of the molecule is CC(C)CC(C)NC(=O)N1CCc2sccc2C1C(=O)O. The number of amides is 2. The van der Waals surface area contributed by atoms with Crippen LogP contribution in [-0.2, 0) is 11.2 Å². The normalized spacial score (nSPS) is 19.2. The molecule has 0 saturated carbocycles. The van der Waals surface area contributed by atoms with E-state index in [1.54, 1.807) is 11.3 Å². The predicted molar refractivity (Wildman–Crippen MR) is 82.6 cm³/mol. The van der Waals surface area contributed by atoms with Crippen molar-refractivity contribution in [3.63, 3.8) is 0 Å². The second-order valence-electron chi connectivity index (χ2n) is 5.96. The number of aliphatic carboxylic acids is 1. The Morgan fingerprint density at radius 1 is 1.48 bits per heavy atom. The molecule has 6 heteroatoms. The third-order valence-corrected chi connectivity index (χ3v) is 4.65. The zero-order chi connectivity index (χ0) is 15.6. The van der Waals surface area contributed by atoms with Gasteiger partial charge >= 0.3 is 12.0 Å². The van der Waals surface area contributed by atoms with Gasteiger partial charge < -0.3 is 15.3 Å². The smallest absolute Gasteiger partial charge is 0.331 e. The summed E-state index contributed by atoms with van der Waals surface area (Å²) in [6, 6.07) is 0.699. The number of hydrogen-bond acceptors (Lipinski definition) is 3. The van der Waals surface area contributed by atoms with Crippen molar-refractivity contribution in [2.45, 2.75) is 45.7 Å². The molecular formula is C15H22N2O3S. The maximum atomic E-state index is 12.4. The zero-order valence-corrected chi connectivity index (χ0v) is 13.4. The number of carbonyl (C=O) groups is 2. The zero-order valence-electron chi connectivity index (χ0n) is 12.6. The van der Waals surface area contributed by atoms with Gasteiger partial charge in [0.2, 0.25) is 0 Å². The molecule has 0 fully saturated rings. The fraction of sp³-hybridized carbons (Fsp3) is 0.600. The highest BCUT2D eigenvalue weighted by Gasteiger charge is 2.36. The van der Waals surface area contributed by atoms with Crippen LogP contribution in [-0.4, -0.2) is 34.6 Å². The molecule has 0 bridgehead atoms. The van der Waals surface area contributed by atoms with Gasteiger partial charge in [-0.2, -0.15) is 0 Å². The van der Waals surface area contributed by atoms with E-state index in [-0.39, 0.29) is 12.1 Å². The van der Waals surface area contributed by atoms with E-state index < -0.39 is 12.0 Å². The molecule has 2 atom stereocenters. The summed E-state index contributed by atoms with van der Waals surface area (Å²) in [6.07, 6.45) is 1.60. The van der Waals surface area contributed by atoms with Crippen LogP contribution in [0.4, 0.5) is 4.79 Å². The van der Waals surface area contributed by atoms with Gasteiger partial charge in [0.1, 0.15) is 0 Å². The third-order valence-electron chi connectivity index (χ3n) is 3.66. The molecule has 0 aliphatic carbocycles. The number of carbonyl (C=O) groups excluding carboxylic acids is 1. The second kappa shape index (κ2) is 6.47. The topological polar surface area (TPSA) is 69.6 Å². The average Bonchev–Trinajstić information content (AvgIpc) is 2.83. The minimum absolute atomic E-state index is 0.0378. The molecule has 1 aliphatic rings. The van der Waals surface area contributed by atoms with Crippen molar-refractivity contribution in [2.24, 2.45) is 5.92 Å². The monoisotopic (exact) mass is 310 g/mol. The van der Waals surface area contributed by atoms with E-state index in [2.05, 4.69) is 19.2 Å². The van der Waals surface area contributed by atoms with Crippen LogP contribution in [0.3, 0.4) is 0 Å². The first-order chi connectivity index (χ1) is 9.90. The molecule has 1 aromatic rings. The Balaban J connectivity index is 2.12. The van der Waals surface area contributed by atoms with E-state index in [4.69, 9.17) is 0 Å². The summed E-state index contributed by atoms with van der Waals surface area (Å²) in [6.45, 7) is 6.60. The van der Waals surface area contributed by atoms with Gasteiger partial charge in [0.15, 0.2) is 6.04 Å². The largest absolute Gasteiger partial charge is 0.479 e. The summed E-state index contributed by atoms with van der Waals surface area (Å²) >= 11 is 1.56. The predicted octanol–water partition coefficient (Wildman–Crippen LogP) is 2.88. The van der Waals surface area contributed by atoms with Crippen LogP contribution < -0.4 is 5.32 Å². The summed E-state index contributed by atoms with van der Waals surface area (Å²) in [7, 11) is 0. The molecule has 2 N–H and O–H groups in total. The first-order valence-corrected chi connectivity index (χ1v) is 8.14. The van der Waals surface area contributed by atoms with Crippen LogP contribution in [0, 0.1) is 5.92 Å². The summed E-state index contributed by atoms with van der Waals surface area (Å²) in [5.74, 6) is -0.485. The van der Waals surface area contributed by atoms with Crippen molar-refractivity contribution in [1.29, 1.82) is 0 Å². The van der Waals surface area contributed by atoms with Gasteiger partial charge in [-0.05, 0) is 42.7 Å². The average molecular weight is 310 g/mol. The lowest BCUT2D eigenvalue weighted by Crippen LogP contribution is -2.50. The number of nitrogens with zero attached hydrogens (tertiary/aromatic N) is 1. The van der Waals surface area contributed by atoms with Gasteiger partial charge in [0, 0.05) is 17.5 Å². The van der Waals surface area contributed by atoms with Crippen molar-refractivity contribution in [2.75, 3.05) is 6.54 Å². The number of rotatable bonds is 4. The molecule has 0 spiro atoms. The number of nitrogens with one attached hydrogen (secondary N) is 1. The lowest BCUT2D eigenvalue weighted by molar-refractivity contribution is -0.142. The van der Waals surface area contributed by atoms with Crippen LogP contribution in [0.2, 0.25) is 0 Å². The minimum Gasteiger partial charge on any atom is -0.479 e. The Kier molecular flexibility index (Phi) is 4.88. The Labute approximate surface area is 129 Å². The van der Waals surface area contributed by atoms with Crippen molar-refractivity contribution in [1.82, 2.24) is 10.2 Å². The molecule has 21 heavy (non-hydrogen) atoms. The van der Waals surface area contributed by atoms with Crippen LogP contribution in [0.25, 0.3) is 0 Å². The first-order valence-electron chi connectivity index (χ1n) is 7.26. The molecule has 0 radical (unpaired) electrons. The molecule has 1 aromatic heterocycles. The van der Waals surface area contributed by atoms with E-state index >= 15 is 0 Å². The van der Waals surface area contributed by atoms with Gasteiger partial charge in [-0.1, -0.05) is 13.8 Å². The van der Waals surface area contributed by atoms with Gasteiger partial charge in [-0.25, -0.2) is 9.59 Å². The van der Waals surface area contributed by atoms with Crippen molar-refractivity contribution in [3.05, 3.63) is 21.9 Å². The fourth-order valence-electron chi connectivity index (χ4n) is 2.86. The molecule has 5 nitrogen and oxygen atoms in total. The summed E-state index contributed by atoms with van der Waals surface area (Å²) in [5.41, 5.74) is 0.755. The molecule has 2 rings (SSSR count). The fourth-order valence-corrected chi connectivity index (χ4v) is 3.77. The number of carboxylic acids is 1. The molecule has 0 aromatic carbocycles. The molecule has 2 amide bonds. The van der Waals surface area contributed by atoms with E-state index in [9.17, 15) is 14.7 Å². The highest BCUT2D eigenvalue weighted by Crippen LogP contribution is 2.33. The summed E-state index contributed by atoms with van der Waals surface area (Å²) in [4.78, 5) is 26.5. The molecule has 2 unspecified atom stereocenters. The number of fused-ring (bicyclic) bond motifs is 1. The van der Waals surface area contributed by atoms with Crippen LogP contribution in [0.1, 0.15) is 43.7 Å². The Morgan fingerprint density at radius 2 is 2.19 bits per heavy atom. The maximum absolute atomic E-state index is 12.4. The number of thiophene rings is 1. The molecule has 1 aliphatic heterocycles. The van der Waals surface area contributed by atoms with Crippen LogP contribution in [0.5, 0.6) is 0 Å². The molecular weight excluding hydrogens is 288 g/mol. The van der Waals surface area contributed by atoms with Crippen molar-refractivity contribution in [3.8, 4) is 0 Å². The van der Waals surface area contributed by atoms with Crippen molar-refractivity contribution < 1.29 is 14.7 Å². The molecule has 116 valence electrons.